The van der Waals surface area contributed by atoms with Crippen molar-refractivity contribution >= 4 is 11.8 Å². The third kappa shape index (κ3) is 24.8. The van der Waals surface area contributed by atoms with Gasteiger partial charge in [-0.2, -0.15) is 0 Å². The van der Waals surface area contributed by atoms with Crippen molar-refractivity contribution in [2.75, 3.05) is 34.3 Å². The molecule has 2 atom stereocenters. The van der Waals surface area contributed by atoms with Gasteiger partial charge in [0.15, 0.2) is 0 Å². The Morgan fingerprint density at radius 2 is 0.925 bits per heavy atom. The number of nitrogens with zero attached hydrogens (tertiary/aromatic N) is 1. The van der Waals surface area contributed by atoms with Crippen LogP contribution in [0.5, 0.6) is 0 Å². The van der Waals surface area contributed by atoms with Gasteiger partial charge in [-0.05, 0) is 12.8 Å². The summed E-state index contributed by atoms with van der Waals surface area (Å²) >= 11 is 0. The maximum absolute atomic E-state index is 13.0. The second-order valence-electron chi connectivity index (χ2n) is 13.3. The van der Waals surface area contributed by atoms with Crippen LogP contribution in [0.25, 0.3) is 0 Å². The SMILES string of the molecule is CCCCCCCCCCCCCCOC(C[N+](C)(C)C)C(C(=O)O)C(=O)CCCCCCCCCCCCC. The van der Waals surface area contributed by atoms with Gasteiger partial charge in [0.25, 0.3) is 0 Å². The molecule has 0 saturated carbocycles. The number of likely N-dealkylation sites (N-methyl/N-ethyl adjacent to an activating group) is 1. The van der Waals surface area contributed by atoms with Gasteiger partial charge in [-0.3, -0.25) is 9.59 Å². The van der Waals surface area contributed by atoms with Gasteiger partial charge in [-0.25, -0.2) is 0 Å². The molecule has 0 aliphatic carbocycles. The Bertz CT molecular complexity index is 586. The van der Waals surface area contributed by atoms with Crippen molar-refractivity contribution in [1.29, 1.82) is 0 Å². The molecule has 2 unspecified atom stereocenters. The molecule has 0 aliphatic heterocycles. The molecule has 5 nitrogen and oxygen atoms in total. The number of ether oxygens (including phenoxy) is 1. The summed E-state index contributed by atoms with van der Waals surface area (Å²) in [5.41, 5.74) is 0. The van der Waals surface area contributed by atoms with Crippen LogP contribution in [0.4, 0.5) is 0 Å². The van der Waals surface area contributed by atoms with E-state index in [1.54, 1.807) is 0 Å². The molecule has 0 rings (SSSR count). The molecule has 0 aromatic rings. The first kappa shape index (κ1) is 39.1. The Morgan fingerprint density at radius 3 is 1.27 bits per heavy atom. The van der Waals surface area contributed by atoms with E-state index in [4.69, 9.17) is 4.74 Å². The average Bonchev–Trinajstić information content (AvgIpc) is 2.88. The first-order valence-electron chi connectivity index (χ1n) is 17.4. The number of Topliss-reactive ketones (excluding diaryl/α,β-unsaturated/α-hetero) is 1. The number of rotatable bonds is 31. The van der Waals surface area contributed by atoms with E-state index in [1.807, 2.05) is 21.1 Å². The Hall–Kier alpha value is -0.940. The van der Waals surface area contributed by atoms with E-state index in [2.05, 4.69) is 13.8 Å². The average molecular weight is 569 g/mol. The van der Waals surface area contributed by atoms with Crippen LogP contribution in [-0.2, 0) is 14.3 Å². The van der Waals surface area contributed by atoms with Gasteiger partial charge in [0.05, 0.1) is 21.1 Å². The molecular formula is C35H70NO4+. The van der Waals surface area contributed by atoms with Crippen LogP contribution < -0.4 is 0 Å². The highest BCUT2D eigenvalue weighted by Gasteiger charge is 2.38. The smallest absolute Gasteiger partial charge is 0.316 e. The zero-order valence-corrected chi connectivity index (χ0v) is 27.7. The monoisotopic (exact) mass is 569 g/mol. The van der Waals surface area contributed by atoms with Gasteiger partial charge in [-0.1, -0.05) is 149 Å². The lowest BCUT2D eigenvalue weighted by molar-refractivity contribution is -0.874. The van der Waals surface area contributed by atoms with Crippen molar-refractivity contribution in [3.05, 3.63) is 0 Å². The molecule has 0 fully saturated rings. The molecule has 0 spiro atoms. The van der Waals surface area contributed by atoms with E-state index in [9.17, 15) is 14.7 Å². The van der Waals surface area contributed by atoms with E-state index in [0.29, 0.717) is 24.1 Å². The largest absolute Gasteiger partial charge is 0.481 e. The minimum absolute atomic E-state index is 0.156. The van der Waals surface area contributed by atoms with Gasteiger partial charge >= 0.3 is 5.97 Å². The van der Waals surface area contributed by atoms with E-state index >= 15 is 0 Å². The normalized spacial score (nSPS) is 13.4. The van der Waals surface area contributed by atoms with Crippen LogP contribution in [0.1, 0.15) is 168 Å². The van der Waals surface area contributed by atoms with Crippen LogP contribution in [0.15, 0.2) is 0 Å². The Kier molecular flexibility index (Phi) is 26.3. The highest BCUT2D eigenvalue weighted by Crippen LogP contribution is 2.19. The number of unbranched alkanes of at least 4 members (excludes halogenated alkanes) is 21. The third-order valence-electron chi connectivity index (χ3n) is 8.07. The lowest BCUT2D eigenvalue weighted by Crippen LogP contribution is -2.49. The van der Waals surface area contributed by atoms with Crippen LogP contribution >= 0.6 is 0 Å². The van der Waals surface area contributed by atoms with Crippen molar-refractivity contribution in [2.45, 2.75) is 174 Å². The second-order valence-corrected chi connectivity index (χ2v) is 13.3. The van der Waals surface area contributed by atoms with Gasteiger partial charge in [0.1, 0.15) is 24.3 Å². The fraction of sp³-hybridized carbons (Fsp3) is 0.943. The Labute approximate surface area is 249 Å². The summed E-state index contributed by atoms with van der Waals surface area (Å²) < 4.78 is 6.73. The third-order valence-corrected chi connectivity index (χ3v) is 8.07. The van der Waals surface area contributed by atoms with Crippen molar-refractivity contribution in [2.24, 2.45) is 5.92 Å². The first-order valence-corrected chi connectivity index (χ1v) is 17.4. The highest BCUT2D eigenvalue weighted by molar-refractivity contribution is 5.98. The summed E-state index contributed by atoms with van der Waals surface area (Å²) in [7, 11) is 6.11. The summed E-state index contributed by atoms with van der Waals surface area (Å²) in [6.07, 6.45) is 28.6. The molecule has 0 radical (unpaired) electrons. The Balaban J connectivity index is 4.27. The maximum atomic E-state index is 13.0. The number of carboxylic acid groups (broad SMARTS) is 1. The Morgan fingerprint density at radius 1 is 0.575 bits per heavy atom. The summed E-state index contributed by atoms with van der Waals surface area (Å²) in [4.78, 5) is 25.2. The lowest BCUT2D eigenvalue weighted by Gasteiger charge is -2.31. The fourth-order valence-electron chi connectivity index (χ4n) is 5.59. The van der Waals surface area contributed by atoms with E-state index in [0.717, 1.165) is 32.1 Å². The zero-order valence-electron chi connectivity index (χ0n) is 27.7. The number of hydrogen-bond acceptors (Lipinski definition) is 3. The first-order chi connectivity index (χ1) is 19.2. The molecule has 0 saturated heterocycles. The predicted molar refractivity (Wildman–Crippen MR) is 171 cm³/mol. The van der Waals surface area contributed by atoms with Gasteiger partial charge in [0, 0.05) is 13.0 Å². The van der Waals surface area contributed by atoms with Crippen LogP contribution in [-0.4, -0.2) is 61.7 Å². The molecule has 0 aromatic carbocycles. The summed E-state index contributed by atoms with van der Waals surface area (Å²) in [6, 6.07) is 0. The van der Waals surface area contributed by atoms with Gasteiger partial charge in [0.2, 0.25) is 0 Å². The number of aliphatic carboxylic acids is 1. The summed E-state index contributed by atoms with van der Waals surface area (Å²) in [6.45, 7) is 5.58. The fourth-order valence-corrected chi connectivity index (χ4v) is 5.59. The molecule has 0 aromatic heterocycles. The number of hydrogen-bond donors (Lipinski definition) is 1. The zero-order chi connectivity index (χ0) is 29.9. The topological polar surface area (TPSA) is 63.6 Å². The number of carbonyl (C=O) groups excluding carboxylic acids is 1. The molecule has 0 bridgehead atoms. The van der Waals surface area contributed by atoms with Crippen molar-refractivity contribution in [3.63, 3.8) is 0 Å². The summed E-state index contributed by atoms with van der Waals surface area (Å²) in [5, 5.41) is 9.98. The minimum atomic E-state index is -1.06. The van der Waals surface area contributed by atoms with Gasteiger partial charge in [-0.15, -0.1) is 0 Å². The highest BCUT2D eigenvalue weighted by atomic mass is 16.5. The molecule has 0 amide bonds. The molecule has 5 heteroatoms. The number of ketones is 1. The van der Waals surface area contributed by atoms with Gasteiger partial charge < -0.3 is 14.3 Å². The van der Waals surface area contributed by atoms with E-state index in [1.165, 1.54) is 116 Å². The number of carboxylic acids is 1. The minimum Gasteiger partial charge on any atom is -0.481 e. The van der Waals surface area contributed by atoms with Crippen LogP contribution in [0.2, 0.25) is 0 Å². The predicted octanol–water partition coefficient (Wildman–Crippen LogP) is 9.75. The van der Waals surface area contributed by atoms with Crippen LogP contribution in [0, 0.1) is 5.92 Å². The maximum Gasteiger partial charge on any atom is 0.316 e. The number of quaternary nitrogens is 1. The molecule has 1 N–H and O–H groups in total. The van der Waals surface area contributed by atoms with Crippen molar-refractivity contribution in [1.82, 2.24) is 0 Å². The molecular weight excluding hydrogens is 498 g/mol. The molecule has 0 aliphatic rings. The second kappa shape index (κ2) is 26.9. The standard InChI is InChI=1S/C35H69NO4/c1-6-8-10-12-14-16-18-20-22-24-26-28-30-40-33(31-36(3,4)5)34(35(38)39)32(37)29-27-25-23-21-19-17-15-13-11-9-7-2/h33-34H,6-31H2,1-5H3/p+1. The van der Waals surface area contributed by atoms with E-state index < -0.39 is 18.0 Å². The van der Waals surface area contributed by atoms with E-state index in [-0.39, 0.29) is 5.78 Å². The lowest BCUT2D eigenvalue weighted by atomic mass is 9.92. The number of carbonyl (C=O) groups is 2. The van der Waals surface area contributed by atoms with Crippen LogP contribution in [0.3, 0.4) is 0 Å². The van der Waals surface area contributed by atoms with Crippen molar-refractivity contribution in [3.8, 4) is 0 Å². The molecule has 0 heterocycles. The van der Waals surface area contributed by atoms with Crippen molar-refractivity contribution < 1.29 is 23.9 Å². The molecule has 238 valence electrons. The summed E-state index contributed by atoms with van der Waals surface area (Å²) in [5.74, 6) is -2.24. The molecule has 40 heavy (non-hydrogen) atoms. The quantitative estimate of drug-likeness (QED) is 0.0513.